The maximum Gasteiger partial charge on any atom is 0.173 e. The number of amidine groups is 1. The van der Waals surface area contributed by atoms with Crippen LogP contribution >= 0.6 is 0 Å². The summed E-state index contributed by atoms with van der Waals surface area (Å²) in [4.78, 5) is 0. The molecule has 0 aromatic heterocycles. The molecule has 0 unspecified atom stereocenters. The Morgan fingerprint density at radius 1 is 1.33 bits per heavy atom. The average molecular weight is 210 g/mol. The van der Waals surface area contributed by atoms with Gasteiger partial charge in [-0.1, -0.05) is 5.16 Å². The van der Waals surface area contributed by atoms with E-state index in [4.69, 9.17) is 20.4 Å². The van der Waals surface area contributed by atoms with Crippen molar-refractivity contribution in [3.8, 4) is 11.5 Å². The van der Waals surface area contributed by atoms with E-state index < -0.39 is 0 Å². The van der Waals surface area contributed by atoms with Gasteiger partial charge in [-0.05, 0) is 19.1 Å². The molecular formula is C10H14N2O3. The lowest BCUT2D eigenvalue weighted by Crippen LogP contribution is -2.15. The highest BCUT2D eigenvalue weighted by Gasteiger charge is 2.13. The molecule has 5 nitrogen and oxygen atoms in total. The van der Waals surface area contributed by atoms with Crippen molar-refractivity contribution in [2.24, 2.45) is 10.9 Å². The first-order chi connectivity index (χ1) is 7.15. The number of hydrogen-bond donors (Lipinski definition) is 2. The molecule has 0 saturated heterocycles. The monoisotopic (exact) mass is 210 g/mol. The summed E-state index contributed by atoms with van der Waals surface area (Å²) in [5.74, 6) is 1.25. The van der Waals surface area contributed by atoms with Crippen molar-refractivity contribution in [2.75, 3.05) is 14.2 Å². The molecule has 0 aliphatic heterocycles. The van der Waals surface area contributed by atoms with Crippen molar-refractivity contribution in [1.82, 2.24) is 0 Å². The first-order valence-corrected chi connectivity index (χ1v) is 4.35. The molecule has 0 atom stereocenters. The van der Waals surface area contributed by atoms with Crippen molar-refractivity contribution in [3.63, 3.8) is 0 Å². The summed E-state index contributed by atoms with van der Waals surface area (Å²) in [6, 6.07) is 3.42. The second kappa shape index (κ2) is 4.54. The molecule has 1 aromatic carbocycles. The van der Waals surface area contributed by atoms with Gasteiger partial charge in [-0.2, -0.15) is 0 Å². The van der Waals surface area contributed by atoms with Gasteiger partial charge in [-0.25, -0.2) is 0 Å². The number of hydrogen-bond acceptors (Lipinski definition) is 4. The van der Waals surface area contributed by atoms with Crippen LogP contribution in [0.5, 0.6) is 11.5 Å². The molecule has 0 saturated carbocycles. The van der Waals surface area contributed by atoms with Crippen LogP contribution in [-0.4, -0.2) is 25.3 Å². The van der Waals surface area contributed by atoms with Crippen LogP contribution in [0.15, 0.2) is 17.3 Å². The molecule has 0 heterocycles. The lowest BCUT2D eigenvalue weighted by Gasteiger charge is -2.13. The standard InChI is InChI=1S/C10H14N2O3/c1-6-8(14-2)5-4-7(9(6)15-3)10(11)12-13/h4-5,13H,1-3H3,(H2,11,12). The molecule has 1 aromatic rings. The largest absolute Gasteiger partial charge is 0.496 e. The van der Waals surface area contributed by atoms with Crippen LogP contribution < -0.4 is 15.2 Å². The highest BCUT2D eigenvalue weighted by molar-refractivity contribution is 6.00. The zero-order valence-electron chi connectivity index (χ0n) is 8.94. The summed E-state index contributed by atoms with van der Waals surface area (Å²) in [6.07, 6.45) is 0. The van der Waals surface area contributed by atoms with Crippen molar-refractivity contribution < 1.29 is 14.7 Å². The highest BCUT2D eigenvalue weighted by Crippen LogP contribution is 2.30. The summed E-state index contributed by atoms with van der Waals surface area (Å²) in [5.41, 5.74) is 6.86. The van der Waals surface area contributed by atoms with Crippen LogP contribution in [0, 0.1) is 6.92 Å². The van der Waals surface area contributed by atoms with E-state index in [2.05, 4.69) is 5.16 Å². The Morgan fingerprint density at radius 3 is 2.47 bits per heavy atom. The molecule has 1 rings (SSSR count). The Bertz CT molecular complexity index is 388. The number of benzene rings is 1. The first kappa shape index (κ1) is 11.2. The van der Waals surface area contributed by atoms with Gasteiger partial charge in [0, 0.05) is 5.56 Å². The minimum atomic E-state index is 0.0117. The Labute approximate surface area is 88.1 Å². The molecule has 3 N–H and O–H groups in total. The van der Waals surface area contributed by atoms with E-state index in [1.165, 1.54) is 7.11 Å². The number of ether oxygens (including phenoxy) is 2. The number of nitrogens with two attached hydrogens (primary N) is 1. The normalized spacial score (nSPS) is 11.3. The first-order valence-electron chi connectivity index (χ1n) is 4.35. The molecule has 0 aliphatic carbocycles. The van der Waals surface area contributed by atoms with E-state index in [0.717, 1.165) is 5.56 Å². The Kier molecular flexibility index (Phi) is 3.38. The predicted octanol–water partition coefficient (Wildman–Crippen LogP) is 1.11. The summed E-state index contributed by atoms with van der Waals surface area (Å²) in [7, 11) is 3.10. The Balaban J connectivity index is 3.37. The van der Waals surface area contributed by atoms with E-state index >= 15 is 0 Å². The molecule has 0 aliphatic rings. The van der Waals surface area contributed by atoms with Crippen molar-refractivity contribution in [3.05, 3.63) is 23.3 Å². The van der Waals surface area contributed by atoms with Gasteiger partial charge in [-0.3, -0.25) is 0 Å². The van der Waals surface area contributed by atoms with Gasteiger partial charge in [-0.15, -0.1) is 0 Å². The molecular weight excluding hydrogens is 196 g/mol. The third-order valence-corrected chi connectivity index (χ3v) is 2.16. The second-order valence-corrected chi connectivity index (χ2v) is 2.96. The zero-order chi connectivity index (χ0) is 11.4. The van der Waals surface area contributed by atoms with Gasteiger partial charge < -0.3 is 20.4 Å². The SMILES string of the molecule is COc1ccc(/C(N)=N/O)c(OC)c1C. The summed E-state index contributed by atoms with van der Waals surface area (Å²) in [6.45, 7) is 1.84. The Hall–Kier alpha value is -1.91. The smallest absolute Gasteiger partial charge is 0.173 e. The van der Waals surface area contributed by atoms with E-state index in [1.54, 1.807) is 19.2 Å². The molecule has 0 radical (unpaired) electrons. The van der Waals surface area contributed by atoms with Gasteiger partial charge >= 0.3 is 0 Å². The maximum absolute atomic E-state index is 8.60. The summed E-state index contributed by atoms with van der Waals surface area (Å²) < 4.78 is 10.3. The lowest BCUT2D eigenvalue weighted by molar-refractivity contribution is 0.318. The van der Waals surface area contributed by atoms with E-state index in [9.17, 15) is 0 Å². The van der Waals surface area contributed by atoms with Crippen LogP contribution in [0.3, 0.4) is 0 Å². The Morgan fingerprint density at radius 2 is 2.00 bits per heavy atom. The number of rotatable bonds is 3. The lowest BCUT2D eigenvalue weighted by atomic mass is 10.1. The molecule has 5 heteroatoms. The molecule has 15 heavy (non-hydrogen) atoms. The van der Waals surface area contributed by atoms with Crippen LogP contribution in [0.2, 0.25) is 0 Å². The fourth-order valence-electron chi connectivity index (χ4n) is 1.41. The van der Waals surface area contributed by atoms with Gasteiger partial charge in [0.05, 0.1) is 19.8 Å². The second-order valence-electron chi connectivity index (χ2n) is 2.96. The average Bonchev–Trinajstić information content (AvgIpc) is 2.27. The molecule has 0 amide bonds. The van der Waals surface area contributed by atoms with Gasteiger partial charge in [0.15, 0.2) is 5.84 Å². The topological polar surface area (TPSA) is 77.1 Å². The number of nitrogens with zero attached hydrogens (tertiary/aromatic N) is 1. The highest BCUT2D eigenvalue weighted by atomic mass is 16.5. The zero-order valence-corrected chi connectivity index (χ0v) is 8.94. The third-order valence-electron chi connectivity index (χ3n) is 2.16. The minimum absolute atomic E-state index is 0.0117. The van der Waals surface area contributed by atoms with Crippen molar-refractivity contribution >= 4 is 5.84 Å². The third kappa shape index (κ3) is 1.96. The van der Waals surface area contributed by atoms with Crippen molar-refractivity contribution in [1.29, 1.82) is 0 Å². The molecule has 0 spiro atoms. The fraction of sp³-hybridized carbons (Fsp3) is 0.300. The van der Waals surface area contributed by atoms with Crippen molar-refractivity contribution in [2.45, 2.75) is 6.92 Å². The van der Waals surface area contributed by atoms with E-state index in [1.807, 2.05) is 6.92 Å². The fourth-order valence-corrected chi connectivity index (χ4v) is 1.41. The quantitative estimate of drug-likeness (QED) is 0.339. The number of oxime groups is 1. The van der Waals surface area contributed by atoms with Gasteiger partial charge in [0.1, 0.15) is 11.5 Å². The minimum Gasteiger partial charge on any atom is -0.496 e. The molecule has 0 fully saturated rings. The van der Waals surface area contributed by atoms with Gasteiger partial charge in [0.2, 0.25) is 0 Å². The number of methoxy groups -OCH3 is 2. The summed E-state index contributed by atoms with van der Waals surface area (Å²) in [5, 5.41) is 11.5. The van der Waals surface area contributed by atoms with E-state index in [0.29, 0.717) is 17.1 Å². The predicted molar refractivity (Wildman–Crippen MR) is 56.8 cm³/mol. The van der Waals surface area contributed by atoms with Crippen LogP contribution in [0.4, 0.5) is 0 Å². The molecule has 0 bridgehead atoms. The molecule has 82 valence electrons. The van der Waals surface area contributed by atoms with Crippen LogP contribution in [0.25, 0.3) is 0 Å². The van der Waals surface area contributed by atoms with E-state index in [-0.39, 0.29) is 5.84 Å². The summed E-state index contributed by atoms with van der Waals surface area (Å²) >= 11 is 0. The van der Waals surface area contributed by atoms with Crippen LogP contribution in [-0.2, 0) is 0 Å². The maximum atomic E-state index is 8.60. The van der Waals surface area contributed by atoms with Gasteiger partial charge in [0.25, 0.3) is 0 Å². The van der Waals surface area contributed by atoms with Crippen LogP contribution in [0.1, 0.15) is 11.1 Å².